The molecule has 1 heterocycles. The van der Waals surface area contributed by atoms with Gasteiger partial charge >= 0.3 is 0 Å². The van der Waals surface area contributed by atoms with Crippen molar-refractivity contribution < 1.29 is 9.13 Å². The number of rotatable bonds is 5. The number of pyridine rings is 1. The van der Waals surface area contributed by atoms with Crippen LogP contribution < -0.4 is 10.5 Å². The summed E-state index contributed by atoms with van der Waals surface area (Å²) in [6.07, 6.45) is 5.59. The van der Waals surface area contributed by atoms with Crippen LogP contribution in [0.25, 0.3) is 12.2 Å². The summed E-state index contributed by atoms with van der Waals surface area (Å²) in [5.41, 5.74) is 8.37. The fourth-order valence-electron chi connectivity index (χ4n) is 1.52. The van der Waals surface area contributed by atoms with E-state index in [9.17, 15) is 4.39 Å². The van der Waals surface area contributed by atoms with Gasteiger partial charge in [-0.2, -0.15) is 0 Å². The fourth-order valence-corrected chi connectivity index (χ4v) is 1.52. The molecule has 0 aliphatic rings. The molecule has 0 bridgehead atoms. The topological polar surface area (TPSA) is 48.1 Å². The minimum atomic E-state index is -0.513. The average molecular weight is 258 g/mol. The third kappa shape index (κ3) is 4.10. The van der Waals surface area contributed by atoms with Crippen LogP contribution in [-0.4, -0.2) is 18.3 Å². The summed E-state index contributed by atoms with van der Waals surface area (Å²) in [7, 11) is 0. The maximum absolute atomic E-state index is 11.9. The van der Waals surface area contributed by atoms with Gasteiger partial charge in [0.15, 0.2) is 0 Å². The standard InChI is InChI=1S/C15H15FN2O/c16-9-10-19-15-8-5-13(11-18-15)2-1-12-3-6-14(17)7-4-12/h1-8,11H,9-10,17H2/b2-1+. The molecule has 0 saturated heterocycles. The number of ether oxygens (including phenoxy) is 1. The zero-order valence-corrected chi connectivity index (χ0v) is 10.4. The SMILES string of the molecule is Nc1ccc(/C=C/c2ccc(OCCF)nc2)cc1. The number of aromatic nitrogens is 1. The molecule has 2 rings (SSSR count). The molecule has 0 fully saturated rings. The Bertz CT molecular complexity index is 535. The van der Waals surface area contributed by atoms with Crippen LogP contribution in [0.15, 0.2) is 42.6 Å². The van der Waals surface area contributed by atoms with Crippen molar-refractivity contribution in [2.45, 2.75) is 0 Å². The predicted octanol–water partition coefficient (Wildman–Crippen LogP) is 3.18. The van der Waals surface area contributed by atoms with Crippen molar-refractivity contribution >= 4 is 17.8 Å². The van der Waals surface area contributed by atoms with Gasteiger partial charge in [0.2, 0.25) is 5.88 Å². The highest BCUT2D eigenvalue weighted by atomic mass is 19.1. The molecule has 19 heavy (non-hydrogen) atoms. The minimum Gasteiger partial charge on any atom is -0.475 e. The number of nitrogens with zero attached hydrogens (tertiary/aromatic N) is 1. The van der Waals surface area contributed by atoms with E-state index in [-0.39, 0.29) is 6.61 Å². The van der Waals surface area contributed by atoms with Gasteiger partial charge in [0.1, 0.15) is 13.3 Å². The van der Waals surface area contributed by atoms with E-state index in [0.717, 1.165) is 16.8 Å². The fraction of sp³-hybridized carbons (Fsp3) is 0.133. The quantitative estimate of drug-likeness (QED) is 0.838. The minimum absolute atomic E-state index is 0.0353. The zero-order chi connectivity index (χ0) is 13.5. The van der Waals surface area contributed by atoms with Crippen LogP contribution in [-0.2, 0) is 0 Å². The van der Waals surface area contributed by atoms with Crippen molar-refractivity contribution in [1.29, 1.82) is 0 Å². The lowest BCUT2D eigenvalue weighted by Gasteiger charge is -2.01. The van der Waals surface area contributed by atoms with Crippen LogP contribution in [0.1, 0.15) is 11.1 Å². The molecule has 0 spiro atoms. The van der Waals surface area contributed by atoms with Gasteiger partial charge in [-0.15, -0.1) is 0 Å². The van der Waals surface area contributed by atoms with E-state index in [1.165, 1.54) is 0 Å². The largest absolute Gasteiger partial charge is 0.475 e. The maximum Gasteiger partial charge on any atom is 0.213 e. The van der Waals surface area contributed by atoms with Crippen LogP contribution in [0.3, 0.4) is 0 Å². The molecule has 1 aromatic heterocycles. The number of hydrogen-bond acceptors (Lipinski definition) is 3. The first-order valence-corrected chi connectivity index (χ1v) is 5.96. The van der Waals surface area contributed by atoms with Gasteiger partial charge in [-0.05, 0) is 29.3 Å². The first-order valence-electron chi connectivity index (χ1n) is 5.96. The van der Waals surface area contributed by atoms with E-state index >= 15 is 0 Å². The highest BCUT2D eigenvalue weighted by Crippen LogP contribution is 2.12. The molecule has 0 aliphatic carbocycles. The van der Waals surface area contributed by atoms with Crippen LogP contribution in [0.4, 0.5) is 10.1 Å². The molecule has 0 radical (unpaired) electrons. The lowest BCUT2D eigenvalue weighted by atomic mass is 10.1. The molecule has 0 unspecified atom stereocenters. The van der Waals surface area contributed by atoms with Crippen molar-refractivity contribution in [3.05, 3.63) is 53.7 Å². The third-order valence-electron chi connectivity index (χ3n) is 2.49. The molecule has 0 saturated carbocycles. The Hall–Kier alpha value is -2.36. The summed E-state index contributed by atoms with van der Waals surface area (Å²) < 4.78 is 17.0. The van der Waals surface area contributed by atoms with Crippen LogP contribution in [0.5, 0.6) is 5.88 Å². The van der Waals surface area contributed by atoms with Gasteiger partial charge < -0.3 is 10.5 Å². The number of nitrogens with two attached hydrogens (primary N) is 1. The highest BCUT2D eigenvalue weighted by molar-refractivity contribution is 5.69. The average Bonchev–Trinajstić information content (AvgIpc) is 2.46. The molecule has 1 aromatic carbocycles. The van der Waals surface area contributed by atoms with Gasteiger partial charge in [-0.25, -0.2) is 9.37 Å². The van der Waals surface area contributed by atoms with E-state index in [2.05, 4.69) is 4.98 Å². The molecule has 2 N–H and O–H groups in total. The Morgan fingerprint density at radius 1 is 1.05 bits per heavy atom. The lowest BCUT2D eigenvalue weighted by molar-refractivity contribution is 0.264. The van der Waals surface area contributed by atoms with Crippen molar-refractivity contribution in [1.82, 2.24) is 4.98 Å². The number of alkyl halides is 1. The summed E-state index contributed by atoms with van der Waals surface area (Å²) in [4.78, 5) is 4.08. The van der Waals surface area contributed by atoms with Crippen molar-refractivity contribution in [2.24, 2.45) is 0 Å². The summed E-state index contributed by atoms with van der Waals surface area (Å²) in [5, 5.41) is 0. The second kappa shape index (κ2) is 6.54. The molecular weight excluding hydrogens is 243 g/mol. The van der Waals surface area contributed by atoms with E-state index in [1.54, 1.807) is 12.3 Å². The van der Waals surface area contributed by atoms with Gasteiger partial charge in [0.25, 0.3) is 0 Å². The second-order valence-corrected chi connectivity index (χ2v) is 3.97. The Morgan fingerprint density at radius 2 is 1.74 bits per heavy atom. The van der Waals surface area contributed by atoms with Gasteiger partial charge in [0.05, 0.1) is 0 Å². The van der Waals surface area contributed by atoms with Crippen LogP contribution in [0, 0.1) is 0 Å². The molecule has 3 nitrogen and oxygen atoms in total. The number of nitrogen functional groups attached to an aromatic ring is 1. The van der Waals surface area contributed by atoms with Gasteiger partial charge in [-0.1, -0.05) is 24.3 Å². The molecule has 0 amide bonds. The molecule has 98 valence electrons. The van der Waals surface area contributed by atoms with E-state index in [1.807, 2.05) is 42.5 Å². The lowest BCUT2D eigenvalue weighted by Crippen LogP contribution is -1.99. The summed E-state index contributed by atoms with van der Waals surface area (Å²) in [5.74, 6) is 0.433. The predicted molar refractivity (Wildman–Crippen MR) is 75.5 cm³/mol. The first-order chi connectivity index (χ1) is 9.28. The first kappa shape index (κ1) is 13.1. The monoisotopic (exact) mass is 258 g/mol. The zero-order valence-electron chi connectivity index (χ0n) is 10.4. The molecule has 2 aromatic rings. The number of halogens is 1. The summed E-state index contributed by atoms with van der Waals surface area (Å²) >= 11 is 0. The smallest absolute Gasteiger partial charge is 0.213 e. The van der Waals surface area contributed by atoms with Crippen molar-refractivity contribution in [3.8, 4) is 5.88 Å². The third-order valence-corrected chi connectivity index (χ3v) is 2.49. The Kier molecular flexibility index (Phi) is 4.50. The number of hydrogen-bond donors (Lipinski definition) is 1. The van der Waals surface area contributed by atoms with Crippen LogP contribution in [0.2, 0.25) is 0 Å². The van der Waals surface area contributed by atoms with Gasteiger partial charge in [-0.3, -0.25) is 0 Å². The molecular formula is C15H15FN2O. The highest BCUT2D eigenvalue weighted by Gasteiger charge is 1.94. The molecule has 0 atom stereocenters. The van der Waals surface area contributed by atoms with Crippen molar-refractivity contribution in [3.63, 3.8) is 0 Å². The summed E-state index contributed by atoms with van der Waals surface area (Å²) in [6.45, 7) is -0.478. The Morgan fingerprint density at radius 3 is 2.37 bits per heavy atom. The van der Waals surface area contributed by atoms with Crippen molar-refractivity contribution in [2.75, 3.05) is 19.0 Å². The molecule has 4 heteroatoms. The van der Waals surface area contributed by atoms with Crippen LogP contribution >= 0.6 is 0 Å². The van der Waals surface area contributed by atoms with Gasteiger partial charge in [0, 0.05) is 18.0 Å². The van der Waals surface area contributed by atoms with E-state index in [4.69, 9.17) is 10.5 Å². The number of anilines is 1. The Labute approximate surface area is 111 Å². The van der Waals surface area contributed by atoms with E-state index < -0.39 is 6.67 Å². The summed E-state index contributed by atoms with van der Waals surface area (Å²) in [6, 6.07) is 11.2. The second-order valence-electron chi connectivity index (χ2n) is 3.97. The normalized spacial score (nSPS) is 10.8. The molecule has 0 aliphatic heterocycles. The van der Waals surface area contributed by atoms with E-state index in [0.29, 0.717) is 5.88 Å². The number of benzene rings is 1. The Balaban J connectivity index is 2.00. The maximum atomic E-state index is 11.9.